The Morgan fingerprint density at radius 2 is 2.25 bits per heavy atom. The SMILES string of the molecule is O=C1C=C(n2cnnn2)C(=O)N1. The molecule has 2 rings (SSSR count). The van der Waals surface area contributed by atoms with Crippen molar-refractivity contribution in [1.29, 1.82) is 0 Å². The van der Waals surface area contributed by atoms with Gasteiger partial charge in [0.2, 0.25) is 0 Å². The molecule has 60 valence electrons. The number of rotatable bonds is 1. The van der Waals surface area contributed by atoms with E-state index in [-0.39, 0.29) is 5.70 Å². The van der Waals surface area contributed by atoms with Crippen molar-refractivity contribution < 1.29 is 9.59 Å². The van der Waals surface area contributed by atoms with E-state index in [9.17, 15) is 9.59 Å². The van der Waals surface area contributed by atoms with Crippen LogP contribution < -0.4 is 5.32 Å². The first-order chi connectivity index (χ1) is 5.77. The Balaban J connectivity index is 2.43. The summed E-state index contributed by atoms with van der Waals surface area (Å²) in [4.78, 5) is 21.6. The minimum absolute atomic E-state index is 0.130. The van der Waals surface area contributed by atoms with Crippen LogP contribution in [0.5, 0.6) is 0 Å². The van der Waals surface area contributed by atoms with Crippen molar-refractivity contribution in [3.8, 4) is 0 Å². The predicted molar refractivity (Wildman–Crippen MR) is 35.2 cm³/mol. The third kappa shape index (κ3) is 0.875. The summed E-state index contributed by atoms with van der Waals surface area (Å²) in [7, 11) is 0. The number of nitrogens with one attached hydrogen (secondary N) is 1. The molecule has 0 saturated carbocycles. The summed E-state index contributed by atoms with van der Waals surface area (Å²) < 4.78 is 1.13. The van der Waals surface area contributed by atoms with E-state index < -0.39 is 11.8 Å². The van der Waals surface area contributed by atoms with Gasteiger partial charge in [0.05, 0.1) is 0 Å². The van der Waals surface area contributed by atoms with Gasteiger partial charge in [-0.15, -0.1) is 5.10 Å². The molecule has 0 aromatic carbocycles. The maximum Gasteiger partial charge on any atom is 0.277 e. The lowest BCUT2D eigenvalue weighted by molar-refractivity contribution is -0.123. The molecular weight excluding hydrogens is 162 g/mol. The van der Waals surface area contributed by atoms with Crippen LogP contribution >= 0.6 is 0 Å². The van der Waals surface area contributed by atoms with Crippen LogP contribution in [0.25, 0.3) is 5.70 Å². The zero-order valence-electron chi connectivity index (χ0n) is 5.76. The number of imide groups is 1. The molecule has 0 unspecified atom stereocenters. The van der Waals surface area contributed by atoms with E-state index in [1.165, 1.54) is 6.33 Å². The van der Waals surface area contributed by atoms with E-state index in [1.54, 1.807) is 0 Å². The number of carbonyl (C=O) groups is 2. The minimum atomic E-state index is -0.493. The number of amides is 2. The van der Waals surface area contributed by atoms with E-state index in [1.807, 2.05) is 0 Å². The molecule has 2 amide bonds. The number of nitrogens with zero attached hydrogens (tertiary/aromatic N) is 4. The van der Waals surface area contributed by atoms with Crippen LogP contribution in [0.3, 0.4) is 0 Å². The average Bonchev–Trinajstić information content (AvgIpc) is 2.58. The summed E-state index contributed by atoms with van der Waals surface area (Å²) in [6.07, 6.45) is 2.38. The molecule has 0 radical (unpaired) electrons. The van der Waals surface area contributed by atoms with E-state index in [2.05, 4.69) is 20.8 Å². The van der Waals surface area contributed by atoms with Gasteiger partial charge in [0.15, 0.2) is 0 Å². The van der Waals surface area contributed by atoms with Gasteiger partial charge < -0.3 is 0 Å². The van der Waals surface area contributed by atoms with Crippen LogP contribution in [0, 0.1) is 0 Å². The molecule has 1 aromatic heterocycles. The molecule has 2 heterocycles. The number of carbonyl (C=O) groups excluding carboxylic acids is 2. The quantitative estimate of drug-likeness (QED) is 0.494. The van der Waals surface area contributed by atoms with Gasteiger partial charge in [0.1, 0.15) is 12.0 Å². The third-order valence-electron chi connectivity index (χ3n) is 1.33. The highest BCUT2D eigenvalue weighted by Crippen LogP contribution is 2.05. The van der Waals surface area contributed by atoms with Crippen LogP contribution in [0.4, 0.5) is 0 Å². The van der Waals surface area contributed by atoms with Gasteiger partial charge in [-0.2, -0.15) is 4.68 Å². The van der Waals surface area contributed by atoms with Crippen molar-refractivity contribution in [2.75, 3.05) is 0 Å². The molecule has 7 heteroatoms. The Labute approximate surface area is 66.1 Å². The first kappa shape index (κ1) is 6.65. The molecule has 0 spiro atoms. The second-order valence-corrected chi connectivity index (χ2v) is 2.10. The maximum absolute atomic E-state index is 11.0. The van der Waals surface area contributed by atoms with Gasteiger partial charge in [0, 0.05) is 6.08 Å². The van der Waals surface area contributed by atoms with Gasteiger partial charge >= 0.3 is 0 Å². The number of tetrazole rings is 1. The Kier molecular flexibility index (Phi) is 1.23. The molecule has 0 saturated heterocycles. The molecule has 12 heavy (non-hydrogen) atoms. The summed E-state index contributed by atoms with van der Waals surface area (Å²) in [6.45, 7) is 0. The maximum atomic E-state index is 11.0. The van der Waals surface area contributed by atoms with Gasteiger partial charge in [-0.05, 0) is 10.4 Å². The van der Waals surface area contributed by atoms with Crippen molar-refractivity contribution in [1.82, 2.24) is 25.5 Å². The number of aromatic nitrogens is 4. The standard InChI is InChI=1S/C5H3N5O2/c11-4-1-3(5(12)7-4)10-2-6-8-9-10/h1-2H,(H,7,11,12). The fourth-order valence-corrected chi connectivity index (χ4v) is 0.844. The molecule has 1 aromatic rings. The van der Waals surface area contributed by atoms with Crippen LogP contribution in [-0.4, -0.2) is 32.0 Å². The smallest absolute Gasteiger partial charge is 0.277 e. The van der Waals surface area contributed by atoms with Crippen molar-refractivity contribution in [3.63, 3.8) is 0 Å². The van der Waals surface area contributed by atoms with E-state index in [0.29, 0.717) is 0 Å². The Morgan fingerprint density at radius 3 is 2.75 bits per heavy atom. The monoisotopic (exact) mass is 165 g/mol. The lowest BCUT2D eigenvalue weighted by Gasteiger charge is -1.93. The number of hydrogen-bond donors (Lipinski definition) is 1. The normalized spacial score (nSPS) is 16.2. The molecule has 1 aliphatic heterocycles. The predicted octanol–water partition coefficient (Wildman–Crippen LogP) is -1.83. The first-order valence-electron chi connectivity index (χ1n) is 3.08. The molecule has 1 N–H and O–H groups in total. The number of hydrogen-bond acceptors (Lipinski definition) is 5. The topological polar surface area (TPSA) is 89.8 Å². The van der Waals surface area contributed by atoms with Crippen molar-refractivity contribution in [3.05, 3.63) is 12.4 Å². The third-order valence-corrected chi connectivity index (χ3v) is 1.33. The second-order valence-electron chi connectivity index (χ2n) is 2.10. The highest BCUT2D eigenvalue weighted by molar-refractivity contribution is 6.29. The van der Waals surface area contributed by atoms with E-state index in [0.717, 1.165) is 10.8 Å². The summed E-state index contributed by atoms with van der Waals surface area (Å²) in [5.41, 5.74) is 0.130. The Hall–Kier alpha value is -2.05. The summed E-state index contributed by atoms with van der Waals surface area (Å²) in [5.74, 6) is -0.946. The summed E-state index contributed by atoms with van der Waals surface area (Å²) in [6, 6.07) is 0. The summed E-state index contributed by atoms with van der Waals surface area (Å²) in [5, 5.41) is 12.2. The highest BCUT2D eigenvalue weighted by Gasteiger charge is 2.22. The zero-order valence-corrected chi connectivity index (χ0v) is 5.76. The zero-order chi connectivity index (χ0) is 8.55. The molecule has 0 fully saturated rings. The van der Waals surface area contributed by atoms with Crippen LogP contribution in [0.15, 0.2) is 12.4 Å². The lowest BCUT2D eigenvalue weighted by Crippen LogP contribution is -2.23. The van der Waals surface area contributed by atoms with Crippen molar-refractivity contribution >= 4 is 17.5 Å². The van der Waals surface area contributed by atoms with Gasteiger partial charge in [-0.3, -0.25) is 14.9 Å². The highest BCUT2D eigenvalue weighted by atomic mass is 16.2. The lowest BCUT2D eigenvalue weighted by atomic mass is 10.4. The molecule has 1 aliphatic rings. The minimum Gasteiger partial charge on any atom is -0.287 e. The Bertz CT molecular complexity index is 365. The van der Waals surface area contributed by atoms with E-state index >= 15 is 0 Å². The van der Waals surface area contributed by atoms with E-state index in [4.69, 9.17) is 0 Å². The molecule has 0 aliphatic carbocycles. The summed E-state index contributed by atoms with van der Waals surface area (Å²) >= 11 is 0. The van der Waals surface area contributed by atoms with Gasteiger partial charge in [-0.1, -0.05) is 0 Å². The van der Waals surface area contributed by atoms with Gasteiger partial charge in [-0.25, -0.2) is 0 Å². The average molecular weight is 165 g/mol. The van der Waals surface area contributed by atoms with Crippen LogP contribution in [0.2, 0.25) is 0 Å². The molecule has 7 nitrogen and oxygen atoms in total. The fourth-order valence-electron chi connectivity index (χ4n) is 0.844. The molecule has 0 atom stereocenters. The Morgan fingerprint density at radius 1 is 1.42 bits per heavy atom. The fraction of sp³-hybridized carbons (Fsp3) is 0. The van der Waals surface area contributed by atoms with Gasteiger partial charge in [0.25, 0.3) is 11.8 Å². The van der Waals surface area contributed by atoms with Crippen molar-refractivity contribution in [2.45, 2.75) is 0 Å². The van der Waals surface area contributed by atoms with Crippen LogP contribution in [-0.2, 0) is 9.59 Å². The molecule has 0 bridgehead atoms. The molecular formula is C5H3N5O2. The van der Waals surface area contributed by atoms with Crippen LogP contribution in [0.1, 0.15) is 0 Å². The van der Waals surface area contributed by atoms with Crippen molar-refractivity contribution in [2.24, 2.45) is 0 Å². The largest absolute Gasteiger partial charge is 0.287 e. The first-order valence-corrected chi connectivity index (χ1v) is 3.08. The second kappa shape index (κ2) is 2.22.